The van der Waals surface area contributed by atoms with E-state index < -0.39 is 10.8 Å². The van der Waals surface area contributed by atoms with Gasteiger partial charge < -0.3 is 9.88 Å². The zero-order valence-electron chi connectivity index (χ0n) is 12.3. The molecule has 0 aliphatic carbocycles. The topological polar surface area (TPSA) is 51.1 Å². The minimum Gasteiger partial charge on any atom is -0.351 e. The number of nitrogens with zero attached hydrogens (tertiary/aromatic N) is 1. The van der Waals surface area contributed by atoms with Crippen LogP contribution in [0.2, 0.25) is 0 Å². The van der Waals surface area contributed by atoms with Crippen LogP contribution in [0.5, 0.6) is 0 Å². The van der Waals surface area contributed by atoms with Gasteiger partial charge in [0.15, 0.2) is 0 Å². The van der Waals surface area contributed by atoms with Crippen LogP contribution in [0.3, 0.4) is 0 Å². The Balaban J connectivity index is 1.92. The second kappa shape index (κ2) is 7.02. The number of rotatable bonds is 5. The van der Waals surface area contributed by atoms with E-state index in [4.69, 9.17) is 0 Å². The molecule has 7 heteroatoms. The van der Waals surface area contributed by atoms with E-state index in [1.165, 1.54) is 10.4 Å². The lowest BCUT2D eigenvalue weighted by molar-refractivity contribution is 0.0955. The van der Waals surface area contributed by atoms with Crippen molar-refractivity contribution < 1.29 is 9.00 Å². The molecule has 2 aromatic rings. The Kier molecular flexibility index (Phi) is 5.05. The Bertz CT molecular complexity index is 692. The van der Waals surface area contributed by atoms with Crippen molar-refractivity contribution in [3.8, 4) is 5.00 Å². The highest BCUT2D eigenvalue weighted by Crippen LogP contribution is 2.38. The van der Waals surface area contributed by atoms with E-state index in [1.54, 1.807) is 17.6 Å². The fourth-order valence-electron chi connectivity index (χ4n) is 2.50. The molecule has 3 heterocycles. The SMILES string of the molecule is CS(=O)CCNC(=O)c1c(-n2cccc2)sc2c1CCSC2. The van der Waals surface area contributed by atoms with Crippen molar-refractivity contribution in [1.82, 2.24) is 9.88 Å². The van der Waals surface area contributed by atoms with Crippen LogP contribution in [-0.4, -0.2) is 39.0 Å². The van der Waals surface area contributed by atoms with Gasteiger partial charge in [0.05, 0.1) is 5.56 Å². The van der Waals surface area contributed by atoms with E-state index in [0.29, 0.717) is 12.3 Å². The standard InChI is InChI=1S/C15H18N2O2S3/c1-22(19)9-5-16-14(18)13-11-4-8-20-10-12(11)21-15(13)17-6-2-3-7-17/h2-3,6-7H,4-5,8-10H2,1H3,(H,16,18). The molecule has 0 aromatic carbocycles. The first-order chi connectivity index (χ1) is 10.7. The number of fused-ring (bicyclic) bond motifs is 1. The van der Waals surface area contributed by atoms with Crippen LogP contribution in [-0.2, 0) is 23.0 Å². The van der Waals surface area contributed by atoms with Gasteiger partial charge in [0.25, 0.3) is 5.91 Å². The summed E-state index contributed by atoms with van der Waals surface area (Å²) >= 11 is 3.63. The van der Waals surface area contributed by atoms with Crippen molar-refractivity contribution in [2.75, 3.05) is 24.3 Å². The average Bonchev–Trinajstić information content (AvgIpc) is 3.13. The highest BCUT2D eigenvalue weighted by Gasteiger charge is 2.26. The van der Waals surface area contributed by atoms with Gasteiger partial charge in [-0.15, -0.1) is 11.3 Å². The van der Waals surface area contributed by atoms with E-state index in [-0.39, 0.29) is 5.91 Å². The number of hydrogen-bond acceptors (Lipinski definition) is 4. The second-order valence-electron chi connectivity index (χ2n) is 5.11. The number of thioether (sulfide) groups is 1. The first-order valence-electron chi connectivity index (χ1n) is 7.10. The smallest absolute Gasteiger partial charge is 0.254 e. The van der Waals surface area contributed by atoms with Gasteiger partial charge in [-0.05, 0) is 29.9 Å². The van der Waals surface area contributed by atoms with E-state index in [1.807, 2.05) is 40.9 Å². The third-order valence-electron chi connectivity index (χ3n) is 3.54. The molecular weight excluding hydrogens is 336 g/mol. The van der Waals surface area contributed by atoms with Crippen molar-refractivity contribution in [3.63, 3.8) is 0 Å². The monoisotopic (exact) mass is 354 g/mol. The summed E-state index contributed by atoms with van der Waals surface area (Å²) in [6.45, 7) is 0.451. The summed E-state index contributed by atoms with van der Waals surface area (Å²) in [5.41, 5.74) is 2.00. The second-order valence-corrected chi connectivity index (χ2v) is 8.85. The minimum atomic E-state index is -0.886. The van der Waals surface area contributed by atoms with Gasteiger partial charge >= 0.3 is 0 Å². The first-order valence-corrected chi connectivity index (χ1v) is 10.8. The number of amides is 1. The summed E-state index contributed by atoms with van der Waals surface area (Å²) in [6.07, 6.45) is 6.55. The number of hydrogen-bond donors (Lipinski definition) is 1. The zero-order chi connectivity index (χ0) is 15.5. The van der Waals surface area contributed by atoms with Gasteiger partial charge in [0.2, 0.25) is 0 Å². The summed E-state index contributed by atoms with van der Waals surface area (Å²) in [7, 11) is -0.886. The number of carbonyl (C=O) groups excluding carboxylic acids is 1. The molecule has 0 saturated carbocycles. The molecule has 0 spiro atoms. The van der Waals surface area contributed by atoms with E-state index >= 15 is 0 Å². The fraction of sp³-hybridized carbons (Fsp3) is 0.400. The van der Waals surface area contributed by atoms with Crippen LogP contribution in [0, 0.1) is 0 Å². The van der Waals surface area contributed by atoms with Gasteiger partial charge in [-0.2, -0.15) is 11.8 Å². The largest absolute Gasteiger partial charge is 0.351 e. The van der Waals surface area contributed by atoms with Gasteiger partial charge in [-0.25, -0.2) is 0 Å². The van der Waals surface area contributed by atoms with Crippen LogP contribution < -0.4 is 5.32 Å². The Morgan fingerprint density at radius 3 is 2.91 bits per heavy atom. The molecule has 2 aromatic heterocycles. The van der Waals surface area contributed by atoms with E-state index in [2.05, 4.69) is 5.32 Å². The Morgan fingerprint density at radius 1 is 1.41 bits per heavy atom. The molecule has 1 unspecified atom stereocenters. The third kappa shape index (κ3) is 3.31. The Labute approximate surface area is 140 Å². The number of carbonyl (C=O) groups is 1. The number of nitrogens with one attached hydrogen (secondary N) is 1. The summed E-state index contributed by atoms with van der Waals surface area (Å²) < 4.78 is 13.2. The lowest BCUT2D eigenvalue weighted by atomic mass is 10.1. The molecule has 22 heavy (non-hydrogen) atoms. The zero-order valence-corrected chi connectivity index (χ0v) is 14.8. The van der Waals surface area contributed by atoms with Crippen molar-refractivity contribution in [3.05, 3.63) is 40.5 Å². The molecule has 4 nitrogen and oxygen atoms in total. The molecule has 1 amide bonds. The molecule has 0 bridgehead atoms. The molecular formula is C15H18N2O2S3. The maximum atomic E-state index is 12.7. The third-order valence-corrected chi connectivity index (χ3v) is 6.74. The van der Waals surface area contributed by atoms with Crippen LogP contribution in [0.25, 0.3) is 5.00 Å². The van der Waals surface area contributed by atoms with Gasteiger partial charge in [0, 0.05) is 52.4 Å². The normalized spacial score (nSPS) is 15.3. The lowest BCUT2D eigenvalue weighted by Crippen LogP contribution is -2.29. The molecule has 118 valence electrons. The predicted molar refractivity (Wildman–Crippen MR) is 94.8 cm³/mol. The first kappa shape index (κ1) is 15.8. The summed E-state index contributed by atoms with van der Waals surface area (Å²) in [5, 5.41) is 3.92. The van der Waals surface area contributed by atoms with Crippen molar-refractivity contribution in [2.45, 2.75) is 12.2 Å². The van der Waals surface area contributed by atoms with Crippen LogP contribution in [0.1, 0.15) is 20.8 Å². The molecule has 1 aliphatic rings. The molecule has 1 aliphatic heterocycles. The van der Waals surface area contributed by atoms with Crippen molar-refractivity contribution in [1.29, 1.82) is 0 Å². The summed E-state index contributed by atoms with van der Waals surface area (Å²) in [6, 6.07) is 3.94. The number of thiophene rings is 1. The summed E-state index contributed by atoms with van der Waals surface area (Å²) in [4.78, 5) is 14.0. The maximum Gasteiger partial charge on any atom is 0.254 e. The minimum absolute atomic E-state index is 0.0430. The van der Waals surface area contributed by atoms with Crippen molar-refractivity contribution >= 4 is 39.8 Å². The molecule has 1 atom stereocenters. The highest BCUT2D eigenvalue weighted by molar-refractivity contribution is 7.98. The van der Waals surface area contributed by atoms with Crippen molar-refractivity contribution in [2.24, 2.45) is 0 Å². The maximum absolute atomic E-state index is 12.7. The average molecular weight is 355 g/mol. The van der Waals surface area contributed by atoms with Crippen LogP contribution >= 0.6 is 23.1 Å². The van der Waals surface area contributed by atoms with E-state index in [0.717, 1.165) is 28.5 Å². The van der Waals surface area contributed by atoms with Gasteiger partial charge in [-0.3, -0.25) is 9.00 Å². The quantitative estimate of drug-likeness (QED) is 0.897. The van der Waals surface area contributed by atoms with Crippen LogP contribution in [0.4, 0.5) is 0 Å². The Hall–Kier alpha value is -1.05. The molecule has 0 fully saturated rings. The lowest BCUT2D eigenvalue weighted by Gasteiger charge is -2.13. The van der Waals surface area contributed by atoms with Crippen LogP contribution in [0.15, 0.2) is 24.5 Å². The molecule has 1 N–H and O–H groups in total. The summed E-state index contributed by atoms with van der Waals surface area (Å²) in [5.74, 6) is 2.50. The van der Waals surface area contributed by atoms with Gasteiger partial charge in [0.1, 0.15) is 5.00 Å². The Morgan fingerprint density at radius 2 is 2.18 bits per heavy atom. The predicted octanol–water partition coefficient (Wildman–Crippen LogP) is 2.44. The number of aromatic nitrogens is 1. The molecule has 0 radical (unpaired) electrons. The van der Waals surface area contributed by atoms with E-state index in [9.17, 15) is 9.00 Å². The van der Waals surface area contributed by atoms with Gasteiger partial charge in [-0.1, -0.05) is 0 Å². The molecule has 0 saturated heterocycles. The fourth-order valence-corrected chi connectivity index (χ4v) is 5.33. The highest BCUT2D eigenvalue weighted by atomic mass is 32.2. The molecule has 3 rings (SSSR count).